The Hall–Kier alpha value is -2.59. The third-order valence-corrected chi connectivity index (χ3v) is 6.34. The van der Waals surface area contributed by atoms with E-state index in [1.54, 1.807) is 13.3 Å². The highest BCUT2D eigenvalue weighted by Crippen LogP contribution is 2.26. The van der Waals surface area contributed by atoms with E-state index in [9.17, 15) is 9.59 Å². The van der Waals surface area contributed by atoms with Crippen molar-refractivity contribution in [2.75, 3.05) is 0 Å². The van der Waals surface area contributed by atoms with Crippen LogP contribution in [0, 0.1) is 0 Å². The second-order valence-corrected chi connectivity index (χ2v) is 8.72. The molecule has 0 fully saturated rings. The zero-order valence-electron chi connectivity index (χ0n) is 16.8. The topological polar surface area (TPSA) is 87.9 Å². The molecule has 0 unspecified atom stereocenters. The number of aromatic nitrogens is 5. The maximum Gasteiger partial charge on any atom is 0.332 e. The van der Waals surface area contributed by atoms with Gasteiger partial charge >= 0.3 is 5.69 Å². The van der Waals surface area contributed by atoms with Crippen LogP contribution in [0.3, 0.4) is 0 Å². The zero-order chi connectivity index (χ0) is 21.4. The van der Waals surface area contributed by atoms with Crippen molar-refractivity contribution in [3.63, 3.8) is 0 Å². The Kier molecular flexibility index (Phi) is 5.70. The molecular weight excluding hydrogens is 470 g/mol. The van der Waals surface area contributed by atoms with Crippen LogP contribution < -0.4 is 11.2 Å². The third-order valence-electron chi connectivity index (χ3n) is 4.85. The average Bonchev–Trinajstić information content (AvgIpc) is 3.35. The number of rotatable bonds is 6. The maximum atomic E-state index is 12.9. The maximum absolute atomic E-state index is 12.9. The number of nitrogens with zero attached hydrogens (tertiary/aromatic N) is 5. The van der Waals surface area contributed by atoms with E-state index in [-0.39, 0.29) is 5.56 Å². The van der Waals surface area contributed by atoms with E-state index < -0.39 is 5.69 Å². The van der Waals surface area contributed by atoms with Gasteiger partial charge in [0.25, 0.3) is 5.56 Å². The van der Waals surface area contributed by atoms with Crippen LogP contribution in [0.15, 0.2) is 54.2 Å². The van der Waals surface area contributed by atoms with Gasteiger partial charge in [-0.1, -0.05) is 46.7 Å². The first kappa shape index (κ1) is 20.7. The van der Waals surface area contributed by atoms with Crippen molar-refractivity contribution in [1.29, 1.82) is 0 Å². The summed E-state index contributed by atoms with van der Waals surface area (Å²) in [4.78, 5) is 34.4. The molecule has 4 rings (SSSR count). The number of thioether (sulfide) groups is 1. The highest BCUT2D eigenvalue weighted by molar-refractivity contribution is 9.10. The van der Waals surface area contributed by atoms with Gasteiger partial charge in [-0.05, 0) is 24.1 Å². The lowest BCUT2D eigenvalue weighted by molar-refractivity contribution is 0.516. The van der Waals surface area contributed by atoms with Crippen LogP contribution in [0.1, 0.15) is 24.1 Å². The van der Waals surface area contributed by atoms with Crippen molar-refractivity contribution in [3.8, 4) is 0 Å². The van der Waals surface area contributed by atoms with E-state index in [0.29, 0.717) is 34.5 Å². The van der Waals surface area contributed by atoms with Crippen molar-refractivity contribution in [2.45, 2.75) is 30.8 Å². The summed E-state index contributed by atoms with van der Waals surface area (Å²) in [6.07, 6.45) is 2.45. The van der Waals surface area contributed by atoms with Gasteiger partial charge in [-0.3, -0.25) is 13.9 Å². The molecule has 0 spiro atoms. The summed E-state index contributed by atoms with van der Waals surface area (Å²) in [5.74, 6) is 1.07. The molecule has 0 bridgehead atoms. The molecule has 3 aromatic heterocycles. The van der Waals surface area contributed by atoms with Crippen LogP contribution in [0.5, 0.6) is 0 Å². The van der Waals surface area contributed by atoms with Crippen molar-refractivity contribution < 1.29 is 4.42 Å². The molecular formula is C20H20BrN5O3S. The number of benzene rings is 1. The predicted molar refractivity (Wildman–Crippen MR) is 119 cm³/mol. The summed E-state index contributed by atoms with van der Waals surface area (Å²) in [5.41, 5.74) is 1.90. The van der Waals surface area contributed by atoms with Crippen LogP contribution in [-0.2, 0) is 32.8 Å². The van der Waals surface area contributed by atoms with Gasteiger partial charge in [0.2, 0.25) is 5.89 Å². The summed E-state index contributed by atoms with van der Waals surface area (Å²) < 4.78 is 10.9. The number of oxazole rings is 1. The molecule has 156 valence electrons. The van der Waals surface area contributed by atoms with Crippen molar-refractivity contribution >= 4 is 38.9 Å². The SMILES string of the molecule is CCc1coc(CSc2nc3c(c(=O)n(C)c(=O)n3C)n2Cc2ccc(Br)cc2)n1. The second kappa shape index (κ2) is 8.27. The van der Waals surface area contributed by atoms with Crippen molar-refractivity contribution in [2.24, 2.45) is 14.1 Å². The molecule has 3 heterocycles. The van der Waals surface area contributed by atoms with Gasteiger partial charge in [0.05, 0.1) is 18.0 Å². The number of hydrogen-bond acceptors (Lipinski definition) is 6. The van der Waals surface area contributed by atoms with Crippen molar-refractivity contribution in [3.05, 3.63) is 73.0 Å². The van der Waals surface area contributed by atoms with Crippen LogP contribution in [0.25, 0.3) is 11.2 Å². The molecule has 0 N–H and O–H groups in total. The second-order valence-electron chi connectivity index (χ2n) is 6.86. The molecule has 10 heteroatoms. The highest BCUT2D eigenvalue weighted by Gasteiger charge is 2.20. The first-order valence-corrected chi connectivity index (χ1v) is 11.1. The van der Waals surface area contributed by atoms with E-state index in [1.165, 1.54) is 23.4 Å². The van der Waals surface area contributed by atoms with Crippen LogP contribution in [0.2, 0.25) is 0 Å². The van der Waals surface area contributed by atoms with Gasteiger partial charge in [0.1, 0.15) is 6.26 Å². The standard InChI is InChI=1S/C20H20BrN5O3S/c1-4-14-10-29-15(22-14)11-30-19-23-17-16(18(27)25(3)20(28)24(17)2)26(19)9-12-5-7-13(21)8-6-12/h5-8,10H,4,9,11H2,1-3H3. The lowest BCUT2D eigenvalue weighted by Gasteiger charge is -2.09. The monoisotopic (exact) mass is 489 g/mol. The number of fused-ring (bicyclic) bond motifs is 1. The average molecular weight is 490 g/mol. The summed E-state index contributed by atoms with van der Waals surface area (Å²) >= 11 is 4.87. The third kappa shape index (κ3) is 3.77. The fourth-order valence-electron chi connectivity index (χ4n) is 3.16. The Balaban J connectivity index is 1.81. The molecule has 0 aliphatic rings. The minimum atomic E-state index is -0.405. The Labute approximate surface area is 184 Å². The summed E-state index contributed by atoms with van der Waals surface area (Å²) in [5, 5.41) is 0.627. The summed E-state index contributed by atoms with van der Waals surface area (Å²) in [7, 11) is 3.10. The molecule has 0 radical (unpaired) electrons. The van der Waals surface area contributed by atoms with Gasteiger partial charge in [-0.25, -0.2) is 14.8 Å². The van der Waals surface area contributed by atoms with Crippen LogP contribution in [0.4, 0.5) is 0 Å². The minimum absolute atomic E-state index is 0.365. The van der Waals surface area contributed by atoms with Gasteiger partial charge < -0.3 is 8.98 Å². The van der Waals surface area contributed by atoms with E-state index in [4.69, 9.17) is 4.42 Å². The zero-order valence-corrected chi connectivity index (χ0v) is 19.2. The molecule has 30 heavy (non-hydrogen) atoms. The Morgan fingerprint density at radius 2 is 1.83 bits per heavy atom. The van der Waals surface area contributed by atoms with E-state index in [2.05, 4.69) is 25.9 Å². The molecule has 0 saturated heterocycles. The largest absolute Gasteiger partial charge is 0.448 e. The van der Waals surface area contributed by atoms with E-state index in [0.717, 1.165) is 26.7 Å². The minimum Gasteiger partial charge on any atom is -0.448 e. The molecule has 0 amide bonds. The first-order chi connectivity index (χ1) is 14.4. The van der Waals surface area contributed by atoms with Crippen LogP contribution >= 0.6 is 27.7 Å². The predicted octanol–water partition coefficient (Wildman–Crippen LogP) is 3.09. The summed E-state index contributed by atoms with van der Waals surface area (Å²) in [6, 6.07) is 7.87. The summed E-state index contributed by atoms with van der Waals surface area (Å²) in [6.45, 7) is 2.47. The quantitative estimate of drug-likeness (QED) is 0.386. The molecule has 0 aliphatic carbocycles. The Morgan fingerprint density at radius 1 is 1.10 bits per heavy atom. The van der Waals surface area contributed by atoms with Crippen LogP contribution in [-0.4, -0.2) is 23.7 Å². The fraction of sp³-hybridized carbons (Fsp3) is 0.300. The lowest BCUT2D eigenvalue weighted by atomic mass is 10.2. The first-order valence-electron chi connectivity index (χ1n) is 9.35. The van der Waals surface area contributed by atoms with Crippen molar-refractivity contribution in [1.82, 2.24) is 23.7 Å². The fourth-order valence-corrected chi connectivity index (χ4v) is 4.27. The number of aryl methyl sites for hydroxylation is 2. The van der Waals surface area contributed by atoms with E-state index >= 15 is 0 Å². The highest BCUT2D eigenvalue weighted by atomic mass is 79.9. The number of hydrogen-bond donors (Lipinski definition) is 0. The normalized spacial score (nSPS) is 11.5. The molecule has 0 saturated carbocycles. The van der Waals surface area contributed by atoms with Gasteiger partial charge in [-0.2, -0.15) is 0 Å². The van der Waals surface area contributed by atoms with E-state index in [1.807, 2.05) is 35.8 Å². The Morgan fingerprint density at radius 3 is 2.50 bits per heavy atom. The number of imidazole rings is 1. The molecule has 4 aromatic rings. The Bertz CT molecular complexity index is 1330. The lowest BCUT2D eigenvalue weighted by Crippen LogP contribution is -2.37. The molecule has 0 aliphatic heterocycles. The number of halogens is 1. The molecule has 8 nitrogen and oxygen atoms in total. The van der Waals surface area contributed by atoms with Gasteiger partial charge in [0, 0.05) is 18.6 Å². The van der Waals surface area contributed by atoms with Gasteiger partial charge in [-0.15, -0.1) is 0 Å². The molecule has 1 aromatic carbocycles. The molecule has 0 atom stereocenters. The van der Waals surface area contributed by atoms with Gasteiger partial charge in [0.15, 0.2) is 16.3 Å². The smallest absolute Gasteiger partial charge is 0.332 e.